The fourth-order valence-electron chi connectivity index (χ4n) is 3.02. The number of ether oxygens (including phenoxy) is 1. The Hall–Kier alpha value is -2.74. The summed E-state index contributed by atoms with van der Waals surface area (Å²) in [5, 5.41) is 6.60. The molecule has 7 nitrogen and oxygen atoms in total. The van der Waals surface area contributed by atoms with Crippen LogP contribution < -0.4 is 5.32 Å². The largest absolute Gasteiger partial charge is 0.380 e. The van der Waals surface area contributed by atoms with Crippen molar-refractivity contribution in [3.05, 3.63) is 52.7 Å². The molecule has 0 aliphatic carbocycles. The van der Waals surface area contributed by atoms with Crippen LogP contribution in [0.25, 0.3) is 0 Å². The van der Waals surface area contributed by atoms with Gasteiger partial charge >= 0.3 is 0 Å². The van der Waals surface area contributed by atoms with Gasteiger partial charge in [-0.1, -0.05) is 17.3 Å². The minimum absolute atomic E-state index is 0.0898. The highest BCUT2D eigenvalue weighted by Crippen LogP contribution is 2.18. The van der Waals surface area contributed by atoms with Gasteiger partial charge in [-0.05, 0) is 24.6 Å². The number of nitrogens with one attached hydrogen (secondary N) is 1. The Morgan fingerprint density at radius 3 is 3.04 bits per heavy atom. The van der Waals surface area contributed by atoms with Crippen molar-refractivity contribution in [3.63, 3.8) is 0 Å². The maximum absolute atomic E-state index is 13.3. The lowest BCUT2D eigenvalue weighted by molar-refractivity contribution is -0.128. The number of likely N-dealkylation sites (tertiary alicyclic amines) is 1. The Labute approximate surface area is 150 Å². The molecule has 2 amide bonds. The van der Waals surface area contributed by atoms with Gasteiger partial charge in [0.05, 0.1) is 18.2 Å². The van der Waals surface area contributed by atoms with E-state index in [4.69, 9.17) is 9.26 Å². The average Bonchev–Trinajstić information content (AvgIpc) is 3.11. The zero-order chi connectivity index (χ0) is 18.7. The lowest BCUT2D eigenvalue weighted by atomic mass is 10.2. The summed E-state index contributed by atoms with van der Waals surface area (Å²) >= 11 is 0. The molecule has 2 heterocycles. The fourth-order valence-corrected chi connectivity index (χ4v) is 3.02. The second-order valence-corrected chi connectivity index (χ2v) is 6.28. The number of hydrogen-bond donors (Lipinski definition) is 1. The third-order valence-electron chi connectivity index (χ3n) is 4.30. The molecule has 0 saturated carbocycles. The minimum atomic E-state index is -0.403. The Bertz CT molecular complexity index is 821. The first-order chi connectivity index (χ1) is 12.5. The van der Waals surface area contributed by atoms with Gasteiger partial charge in [0, 0.05) is 26.6 Å². The van der Waals surface area contributed by atoms with Crippen LogP contribution in [-0.2, 0) is 22.7 Å². The second kappa shape index (κ2) is 7.65. The molecule has 0 unspecified atom stereocenters. The molecular formula is C18H20FN3O4. The van der Waals surface area contributed by atoms with Crippen molar-refractivity contribution in [2.45, 2.75) is 32.5 Å². The third-order valence-corrected chi connectivity index (χ3v) is 4.30. The molecule has 0 bridgehead atoms. The highest BCUT2D eigenvalue weighted by atomic mass is 19.1. The van der Waals surface area contributed by atoms with Crippen molar-refractivity contribution in [2.75, 3.05) is 13.7 Å². The van der Waals surface area contributed by atoms with Gasteiger partial charge in [0.15, 0.2) is 5.69 Å². The highest BCUT2D eigenvalue weighted by molar-refractivity contribution is 5.94. The molecule has 0 radical (unpaired) electrons. The lowest BCUT2D eigenvalue weighted by Gasteiger charge is -2.17. The number of carbonyl (C=O) groups is 2. The normalized spacial score (nSPS) is 17.0. The number of methoxy groups -OCH3 is 1. The number of aryl methyl sites for hydroxylation is 1. The molecule has 1 aromatic heterocycles. The molecule has 1 aromatic carbocycles. The summed E-state index contributed by atoms with van der Waals surface area (Å²) in [4.78, 5) is 26.3. The van der Waals surface area contributed by atoms with E-state index < -0.39 is 5.91 Å². The van der Waals surface area contributed by atoms with E-state index in [1.165, 1.54) is 19.2 Å². The maximum atomic E-state index is 13.3. The van der Waals surface area contributed by atoms with Gasteiger partial charge in [-0.25, -0.2) is 4.39 Å². The van der Waals surface area contributed by atoms with E-state index in [9.17, 15) is 14.0 Å². The number of rotatable bonds is 6. The molecule has 1 saturated heterocycles. The number of nitrogens with zero attached hydrogens (tertiary/aromatic N) is 2. The summed E-state index contributed by atoms with van der Waals surface area (Å²) in [7, 11) is 1.52. The van der Waals surface area contributed by atoms with Crippen LogP contribution in [0.1, 0.15) is 33.8 Å². The van der Waals surface area contributed by atoms with E-state index in [2.05, 4.69) is 10.5 Å². The first-order valence-electron chi connectivity index (χ1n) is 8.25. The first-order valence-corrected chi connectivity index (χ1v) is 8.25. The molecule has 138 valence electrons. The van der Waals surface area contributed by atoms with Crippen molar-refractivity contribution in [3.8, 4) is 0 Å². The van der Waals surface area contributed by atoms with Gasteiger partial charge < -0.3 is 19.5 Å². The van der Waals surface area contributed by atoms with Crippen LogP contribution in [-0.4, -0.2) is 41.6 Å². The van der Waals surface area contributed by atoms with Crippen molar-refractivity contribution >= 4 is 11.8 Å². The van der Waals surface area contributed by atoms with E-state index in [0.717, 1.165) is 0 Å². The third kappa shape index (κ3) is 3.91. The smallest absolute Gasteiger partial charge is 0.274 e. The van der Waals surface area contributed by atoms with E-state index >= 15 is 0 Å². The SMILES string of the molecule is COCc1c(C(=O)N[C@@H]2CC(=O)N(Cc3cccc(F)c3)C2)noc1C. The Balaban J connectivity index is 1.63. The van der Waals surface area contributed by atoms with Gasteiger partial charge in [-0.15, -0.1) is 0 Å². The summed E-state index contributed by atoms with van der Waals surface area (Å²) in [6.45, 7) is 2.59. The van der Waals surface area contributed by atoms with Crippen LogP contribution in [0.5, 0.6) is 0 Å². The molecule has 1 fully saturated rings. The van der Waals surface area contributed by atoms with Gasteiger partial charge in [-0.2, -0.15) is 0 Å². The van der Waals surface area contributed by atoms with Crippen molar-refractivity contribution in [2.24, 2.45) is 0 Å². The van der Waals surface area contributed by atoms with Gasteiger partial charge in [0.1, 0.15) is 11.6 Å². The zero-order valence-electron chi connectivity index (χ0n) is 14.6. The van der Waals surface area contributed by atoms with Crippen LogP contribution in [0.2, 0.25) is 0 Å². The lowest BCUT2D eigenvalue weighted by Crippen LogP contribution is -2.37. The van der Waals surface area contributed by atoms with Crippen LogP contribution in [0.15, 0.2) is 28.8 Å². The summed E-state index contributed by atoms with van der Waals surface area (Å²) in [6.07, 6.45) is 0.192. The summed E-state index contributed by atoms with van der Waals surface area (Å²) in [5.41, 5.74) is 1.46. The number of amides is 2. The molecule has 2 aromatic rings. The van der Waals surface area contributed by atoms with Gasteiger partial charge in [0.25, 0.3) is 5.91 Å². The van der Waals surface area contributed by atoms with E-state index in [0.29, 0.717) is 30.0 Å². The van der Waals surface area contributed by atoms with E-state index in [-0.39, 0.29) is 36.5 Å². The van der Waals surface area contributed by atoms with E-state index in [1.54, 1.807) is 24.0 Å². The standard InChI is InChI=1S/C18H20FN3O4/c1-11-15(10-25-2)17(21-26-11)18(24)20-14-7-16(23)22(9-14)8-12-4-3-5-13(19)6-12/h3-6,14H,7-10H2,1-2H3,(H,20,24)/t14-/m1/s1. The van der Waals surface area contributed by atoms with Crippen molar-refractivity contribution in [1.29, 1.82) is 0 Å². The fraction of sp³-hybridized carbons (Fsp3) is 0.389. The quantitative estimate of drug-likeness (QED) is 0.848. The average molecular weight is 361 g/mol. The number of aromatic nitrogens is 1. The van der Waals surface area contributed by atoms with E-state index in [1.807, 2.05) is 0 Å². The van der Waals surface area contributed by atoms with Crippen LogP contribution in [0, 0.1) is 12.7 Å². The molecule has 26 heavy (non-hydrogen) atoms. The molecule has 1 N–H and O–H groups in total. The maximum Gasteiger partial charge on any atom is 0.274 e. The molecule has 1 atom stereocenters. The molecule has 1 aliphatic heterocycles. The molecule has 3 rings (SSSR count). The molecular weight excluding hydrogens is 341 g/mol. The van der Waals surface area contributed by atoms with Crippen molar-refractivity contribution in [1.82, 2.24) is 15.4 Å². The zero-order valence-corrected chi connectivity index (χ0v) is 14.6. The van der Waals surface area contributed by atoms with Crippen LogP contribution in [0.3, 0.4) is 0 Å². The monoisotopic (exact) mass is 361 g/mol. The summed E-state index contributed by atoms with van der Waals surface area (Å²) < 4.78 is 23.4. The second-order valence-electron chi connectivity index (χ2n) is 6.28. The minimum Gasteiger partial charge on any atom is -0.380 e. The number of carbonyl (C=O) groups excluding carboxylic acids is 2. The molecule has 0 spiro atoms. The van der Waals surface area contributed by atoms with Crippen LogP contribution in [0.4, 0.5) is 4.39 Å². The molecule has 1 aliphatic rings. The summed E-state index contributed by atoms with van der Waals surface area (Å²) in [6, 6.07) is 5.78. The predicted molar refractivity (Wildman–Crippen MR) is 89.6 cm³/mol. The Morgan fingerprint density at radius 1 is 1.50 bits per heavy atom. The van der Waals surface area contributed by atoms with Gasteiger partial charge in [0.2, 0.25) is 5.91 Å². The van der Waals surface area contributed by atoms with Crippen molar-refractivity contribution < 1.29 is 23.2 Å². The number of hydrogen-bond acceptors (Lipinski definition) is 5. The number of halogens is 1. The highest BCUT2D eigenvalue weighted by Gasteiger charge is 2.32. The summed E-state index contributed by atoms with van der Waals surface area (Å²) in [5.74, 6) is -0.314. The number of benzene rings is 1. The van der Waals surface area contributed by atoms with Gasteiger partial charge in [-0.3, -0.25) is 9.59 Å². The Morgan fingerprint density at radius 2 is 2.31 bits per heavy atom. The van der Waals surface area contributed by atoms with Crippen LogP contribution >= 0.6 is 0 Å². The topological polar surface area (TPSA) is 84.7 Å². The molecule has 8 heteroatoms. The predicted octanol–water partition coefficient (Wildman–Crippen LogP) is 1.80. The Kier molecular flexibility index (Phi) is 5.32. The first kappa shape index (κ1) is 18.1.